The highest BCUT2D eigenvalue weighted by molar-refractivity contribution is 6.00. The first kappa shape index (κ1) is 12.1. The standard InChI is InChI=1S/C16H23NO2/c1-11-8-15(19)10-13(18)12-4-2-6-17-7-3-5-14(15)16(12,17)9-11/h4,11,14,19H,2-3,5-10H2,1H3/t11-,14-,15-,16+/m1/s1. The maximum absolute atomic E-state index is 12.5. The van der Waals surface area contributed by atoms with Crippen LogP contribution in [0.4, 0.5) is 0 Å². The third-order valence-electron chi connectivity index (χ3n) is 6.05. The molecule has 3 heteroatoms. The Morgan fingerprint density at radius 2 is 2.21 bits per heavy atom. The number of piperidine rings is 1. The predicted molar refractivity (Wildman–Crippen MR) is 72.7 cm³/mol. The Kier molecular flexibility index (Phi) is 2.36. The summed E-state index contributed by atoms with van der Waals surface area (Å²) in [6.45, 7) is 4.41. The molecule has 4 atom stereocenters. The van der Waals surface area contributed by atoms with Gasteiger partial charge in [-0.05, 0) is 44.6 Å². The highest BCUT2D eigenvalue weighted by Crippen LogP contribution is 2.59. The molecule has 2 aliphatic carbocycles. The van der Waals surface area contributed by atoms with Crippen molar-refractivity contribution in [2.24, 2.45) is 11.8 Å². The van der Waals surface area contributed by atoms with Gasteiger partial charge in [-0.15, -0.1) is 0 Å². The Morgan fingerprint density at radius 1 is 1.37 bits per heavy atom. The van der Waals surface area contributed by atoms with Gasteiger partial charge in [0.1, 0.15) is 0 Å². The second-order valence-corrected chi connectivity index (χ2v) is 7.23. The summed E-state index contributed by atoms with van der Waals surface area (Å²) in [7, 11) is 0. The lowest BCUT2D eigenvalue weighted by Gasteiger charge is -2.65. The van der Waals surface area contributed by atoms with Crippen LogP contribution in [-0.2, 0) is 4.79 Å². The smallest absolute Gasteiger partial charge is 0.163 e. The van der Waals surface area contributed by atoms with Gasteiger partial charge in [0.15, 0.2) is 5.78 Å². The van der Waals surface area contributed by atoms with E-state index in [4.69, 9.17) is 0 Å². The molecule has 2 saturated carbocycles. The highest BCUT2D eigenvalue weighted by Gasteiger charge is 2.65. The van der Waals surface area contributed by atoms with E-state index < -0.39 is 5.60 Å². The zero-order valence-electron chi connectivity index (χ0n) is 11.7. The lowest BCUT2D eigenvalue weighted by molar-refractivity contribution is -0.178. The second kappa shape index (κ2) is 3.70. The Bertz CT molecular complexity index is 471. The summed E-state index contributed by atoms with van der Waals surface area (Å²) in [5.74, 6) is 1.02. The maximum Gasteiger partial charge on any atom is 0.163 e. The van der Waals surface area contributed by atoms with E-state index in [2.05, 4.69) is 17.9 Å². The Balaban J connectivity index is 1.92. The molecule has 1 saturated heterocycles. The number of carbonyl (C=O) groups excluding carboxylic acids is 1. The average molecular weight is 261 g/mol. The average Bonchev–Trinajstić information content (AvgIpc) is 2.33. The number of hydrogen-bond donors (Lipinski definition) is 1. The van der Waals surface area contributed by atoms with Crippen LogP contribution in [0.1, 0.15) is 45.4 Å². The van der Waals surface area contributed by atoms with Crippen LogP contribution in [0.3, 0.4) is 0 Å². The summed E-state index contributed by atoms with van der Waals surface area (Å²) < 4.78 is 0. The van der Waals surface area contributed by atoms with Gasteiger partial charge in [-0.2, -0.15) is 0 Å². The zero-order chi connectivity index (χ0) is 13.3. The molecule has 0 amide bonds. The van der Waals surface area contributed by atoms with Crippen LogP contribution in [0.5, 0.6) is 0 Å². The van der Waals surface area contributed by atoms with Crippen molar-refractivity contribution in [3.63, 3.8) is 0 Å². The molecule has 2 bridgehead atoms. The summed E-state index contributed by atoms with van der Waals surface area (Å²) in [6.07, 6.45) is 7.69. The molecule has 3 nitrogen and oxygen atoms in total. The van der Waals surface area contributed by atoms with Gasteiger partial charge in [-0.3, -0.25) is 9.69 Å². The van der Waals surface area contributed by atoms with Gasteiger partial charge in [0.25, 0.3) is 0 Å². The van der Waals surface area contributed by atoms with Crippen LogP contribution in [0.15, 0.2) is 11.6 Å². The molecule has 104 valence electrons. The molecule has 0 radical (unpaired) electrons. The van der Waals surface area contributed by atoms with Crippen molar-refractivity contribution in [3.05, 3.63) is 11.6 Å². The largest absolute Gasteiger partial charge is 0.389 e. The van der Waals surface area contributed by atoms with Gasteiger partial charge in [0.05, 0.1) is 11.1 Å². The lowest BCUT2D eigenvalue weighted by Crippen LogP contribution is -2.72. The van der Waals surface area contributed by atoms with E-state index in [1.54, 1.807) is 0 Å². The summed E-state index contributed by atoms with van der Waals surface area (Å²) in [4.78, 5) is 15.1. The van der Waals surface area contributed by atoms with E-state index >= 15 is 0 Å². The SMILES string of the molecule is C[C@@H]1C[C@@]2(O)CC(=O)C3=CCCN4CCC[C@H]2[C@]34C1. The zero-order valence-corrected chi connectivity index (χ0v) is 11.7. The first-order valence-corrected chi connectivity index (χ1v) is 7.77. The first-order chi connectivity index (χ1) is 9.06. The molecule has 1 spiro atoms. The van der Waals surface area contributed by atoms with Crippen LogP contribution in [0.25, 0.3) is 0 Å². The third-order valence-corrected chi connectivity index (χ3v) is 6.05. The molecule has 19 heavy (non-hydrogen) atoms. The fourth-order valence-corrected chi connectivity index (χ4v) is 5.72. The van der Waals surface area contributed by atoms with Crippen molar-refractivity contribution < 1.29 is 9.90 Å². The molecule has 0 unspecified atom stereocenters. The van der Waals surface area contributed by atoms with Gasteiger partial charge >= 0.3 is 0 Å². The minimum Gasteiger partial charge on any atom is -0.389 e. The van der Waals surface area contributed by atoms with E-state index in [0.717, 1.165) is 44.3 Å². The van der Waals surface area contributed by atoms with Crippen molar-refractivity contribution in [1.82, 2.24) is 4.90 Å². The minimum absolute atomic E-state index is 0.113. The Hall–Kier alpha value is -0.670. The van der Waals surface area contributed by atoms with Gasteiger partial charge in [0, 0.05) is 24.5 Å². The number of hydrogen-bond acceptors (Lipinski definition) is 3. The van der Waals surface area contributed by atoms with Crippen LogP contribution in [0.2, 0.25) is 0 Å². The highest BCUT2D eigenvalue weighted by atomic mass is 16.3. The molecule has 2 heterocycles. The minimum atomic E-state index is -0.734. The van der Waals surface area contributed by atoms with E-state index in [1.807, 2.05) is 0 Å². The van der Waals surface area contributed by atoms with E-state index in [0.29, 0.717) is 12.3 Å². The number of nitrogens with zero attached hydrogens (tertiary/aromatic N) is 1. The Labute approximate surface area is 114 Å². The van der Waals surface area contributed by atoms with Crippen LogP contribution in [0, 0.1) is 11.8 Å². The molecular weight excluding hydrogens is 238 g/mol. The fourth-order valence-electron chi connectivity index (χ4n) is 5.72. The van der Waals surface area contributed by atoms with Gasteiger partial charge in [0.2, 0.25) is 0 Å². The van der Waals surface area contributed by atoms with E-state index in [9.17, 15) is 9.90 Å². The van der Waals surface area contributed by atoms with Crippen molar-refractivity contribution in [2.45, 2.75) is 56.6 Å². The van der Waals surface area contributed by atoms with Crippen LogP contribution >= 0.6 is 0 Å². The normalized spacial score (nSPS) is 49.6. The second-order valence-electron chi connectivity index (χ2n) is 7.23. The quantitative estimate of drug-likeness (QED) is 0.724. The lowest BCUT2D eigenvalue weighted by atomic mass is 9.49. The molecule has 2 aliphatic heterocycles. The molecule has 4 aliphatic rings. The predicted octanol–water partition coefficient (Wildman–Crippen LogP) is 1.90. The monoisotopic (exact) mass is 261 g/mol. The molecule has 1 N–H and O–H groups in total. The summed E-state index contributed by atoms with van der Waals surface area (Å²) in [5.41, 5.74) is 0.208. The summed E-state index contributed by atoms with van der Waals surface area (Å²) in [6, 6.07) is 0. The van der Waals surface area contributed by atoms with Crippen molar-refractivity contribution in [1.29, 1.82) is 0 Å². The number of ketones is 1. The van der Waals surface area contributed by atoms with Crippen LogP contribution < -0.4 is 0 Å². The molecule has 0 aromatic carbocycles. The van der Waals surface area contributed by atoms with Gasteiger partial charge < -0.3 is 5.11 Å². The third kappa shape index (κ3) is 1.38. The first-order valence-electron chi connectivity index (χ1n) is 7.77. The molecule has 3 fully saturated rings. The summed E-state index contributed by atoms with van der Waals surface area (Å²) in [5, 5.41) is 11.1. The number of aliphatic hydroxyl groups is 1. The molecule has 0 aromatic rings. The molecular formula is C16H23NO2. The number of carbonyl (C=O) groups is 1. The van der Waals surface area contributed by atoms with Gasteiger partial charge in [-0.1, -0.05) is 13.0 Å². The van der Waals surface area contributed by atoms with E-state index in [1.165, 1.54) is 6.42 Å². The van der Waals surface area contributed by atoms with E-state index in [-0.39, 0.29) is 17.2 Å². The van der Waals surface area contributed by atoms with Crippen molar-refractivity contribution in [2.75, 3.05) is 13.1 Å². The maximum atomic E-state index is 12.5. The van der Waals surface area contributed by atoms with Gasteiger partial charge in [-0.25, -0.2) is 0 Å². The summed E-state index contributed by atoms with van der Waals surface area (Å²) >= 11 is 0. The fraction of sp³-hybridized carbons (Fsp3) is 0.812. The molecule has 4 rings (SSSR count). The number of Topliss-reactive ketones (excluding diaryl/α,β-unsaturated/α-hetero) is 1. The molecule has 0 aromatic heterocycles. The Morgan fingerprint density at radius 3 is 3.05 bits per heavy atom. The van der Waals surface area contributed by atoms with Crippen molar-refractivity contribution >= 4 is 5.78 Å². The van der Waals surface area contributed by atoms with Crippen molar-refractivity contribution in [3.8, 4) is 0 Å². The topological polar surface area (TPSA) is 40.5 Å². The van der Waals surface area contributed by atoms with Crippen LogP contribution in [-0.4, -0.2) is 40.0 Å². The number of rotatable bonds is 0.